The van der Waals surface area contributed by atoms with E-state index in [2.05, 4.69) is 15.6 Å². The number of aromatic nitrogens is 1. The fourth-order valence-electron chi connectivity index (χ4n) is 1.27. The third-order valence-corrected chi connectivity index (χ3v) is 2.16. The van der Waals surface area contributed by atoms with Gasteiger partial charge in [0.15, 0.2) is 23.3 Å². The Labute approximate surface area is 104 Å². The van der Waals surface area contributed by atoms with Gasteiger partial charge in [-0.1, -0.05) is 0 Å². The Kier molecular flexibility index (Phi) is 4.82. The number of esters is 1. The summed E-state index contributed by atoms with van der Waals surface area (Å²) in [7, 11) is 1.46. The van der Waals surface area contributed by atoms with Crippen LogP contribution in [-0.2, 0) is 9.53 Å². The molecule has 0 radical (unpaired) electrons. The zero-order valence-corrected chi connectivity index (χ0v) is 10.4. The number of rotatable bonds is 5. The molecule has 5 nitrogen and oxygen atoms in total. The second kappa shape index (κ2) is 6.13. The highest BCUT2D eigenvalue weighted by atomic mass is 19.1. The fraction of sp³-hybridized carbons (Fsp3) is 0.455. The second-order valence-electron chi connectivity index (χ2n) is 3.52. The minimum atomic E-state index is -0.873. The molecule has 2 N–H and O–H groups in total. The Morgan fingerprint density at radius 2 is 2.06 bits per heavy atom. The molecule has 1 unspecified atom stereocenters. The number of anilines is 2. The summed E-state index contributed by atoms with van der Waals surface area (Å²) < 4.78 is 31.3. The van der Waals surface area contributed by atoms with Crippen molar-refractivity contribution in [1.29, 1.82) is 0 Å². The van der Waals surface area contributed by atoms with Crippen molar-refractivity contribution in [2.75, 3.05) is 24.3 Å². The zero-order chi connectivity index (χ0) is 13.7. The van der Waals surface area contributed by atoms with Crippen LogP contribution in [0.3, 0.4) is 0 Å². The Bertz CT molecular complexity index is 441. The minimum Gasteiger partial charge on any atom is -0.464 e. The summed E-state index contributed by atoms with van der Waals surface area (Å²) >= 11 is 0. The molecule has 1 rings (SSSR count). The number of hydrogen-bond acceptors (Lipinski definition) is 5. The van der Waals surface area contributed by atoms with Crippen molar-refractivity contribution in [3.63, 3.8) is 0 Å². The lowest BCUT2D eigenvalue weighted by Gasteiger charge is -2.14. The van der Waals surface area contributed by atoms with Crippen molar-refractivity contribution >= 4 is 17.6 Å². The molecule has 0 aromatic carbocycles. The maximum atomic E-state index is 13.4. The van der Waals surface area contributed by atoms with Gasteiger partial charge in [0, 0.05) is 13.1 Å². The molecule has 1 atom stereocenters. The summed E-state index contributed by atoms with van der Waals surface area (Å²) in [6.45, 7) is 3.40. The van der Waals surface area contributed by atoms with E-state index in [0.29, 0.717) is 6.07 Å². The number of carbonyl (C=O) groups excluding carboxylic acids is 1. The topological polar surface area (TPSA) is 63.2 Å². The van der Waals surface area contributed by atoms with E-state index in [-0.39, 0.29) is 18.2 Å². The van der Waals surface area contributed by atoms with Gasteiger partial charge in [0.25, 0.3) is 0 Å². The van der Waals surface area contributed by atoms with Crippen molar-refractivity contribution in [2.24, 2.45) is 0 Å². The largest absolute Gasteiger partial charge is 0.464 e. The predicted octanol–water partition coefficient (Wildman–Crippen LogP) is 1.76. The van der Waals surface area contributed by atoms with Crippen molar-refractivity contribution in [1.82, 2.24) is 4.98 Å². The van der Waals surface area contributed by atoms with Crippen molar-refractivity contribution in [3.8, 4) is 0 Å². The van der Waals surface area contributed by atoms with Crippen molar-refractivity contribution < 1.29 is 18.3 Å². The first-order valence-electron chi connectivity index (χ1n) is 5.46. The van der Waals surface area contributed by atoms with Gasteiger partial charge >= 0.3 is 5.97 Å². The first-order valence-corrected chi connectivity index (χ1v) is 5.46. The lowest BCUT2D eigenvalue weighted by molar-refractivity contribution is -0.143. The molecule has 0 amide bonds. The van der Waals surface area contributed by atoms with Crippen LogP contribution in [-0.4, -0.2) is 30.6 Å². The SMILES string of the molecule is CCOC(=O)C(C)Nc1nc(NC)c(F)cc1F. The average molecular weight is 259 g/mol. The van der Waals surface area contributed by atoms with Gasteiger partial charge in [-0.2, -0.15) is 0 Å². The number of carbonyl (C=O) groups is 1. The van der Waals surface area contributed by atoms with E-state index < -0.39 is 23.6 Å². The highest BCUT2D eigenvalue weighted by molar-refractivity contribution is 5.78. The summed E-state index contributed by atoms with van der Waals surface area (Å²) in [4.78, 5) is 15.0. The van der Waals surface area contributed by atoms with Crippen LogP contribution in [0.25, 0.3) is 0 Å². The van der Waals surface area contributed by atoms with E-state index >= 15 is 0 Å². The lowest BCUT2D eigenvalue weighted by atomic mass is 10.3. The van der Waals surface area contributed by atoms with E-state index in [1.807, 2.05) is 0 Å². The summed E-state index contributed by atoms with van der Waals surface area (Å²) in [5, 5.41) is 5.01. The normalized spacial score (nSPS) is 11.8. The number of hydrogen-bond donors (Lipinski definition) is 2. The molecule has 1 aromatic rings. The molecule has 0 aliphatic heterocycles. The van der Waals surface area contributed by atoms with Crippen molar-refractivity contribution in [3.05, 3.63) is 17.7 Å². The molecule has 0 saturated carbocycles. The van der Waals surface area contributed by atoms with E-state index in [9.17, 15) is 13.6 Å². The molecule has 7 heteroatoms. The summed E-state index contributed by atoms with van der Waals surface area (Å²) in [5.41, 5.74) is 0. The zero-order valence-electron chi connectivity index (χ0n) is 10.4. The van der Waals surface area contributed by atoms with Gasteiger partial charge in [0.2, 0.25) is 0 Å². The van der Waals surface area contributed by atoms with E-state index in [1.54, 1.807) is 6.92 Å². The van der Waals surface area contributed by atoms with E-state index in [1.165, 1.54) is 14.0 Å². The fourth-order valence-corrected chi connectivity index (χ4v) is 1.27. The standard InChI is InChI=1S/C11H15F2N3O2/c1-4-18-11(17)6(2)15-10-8(13)5-7(12)9(14-3)16-10/h5-6H,4H2,1-3H3,(H2,14,15,16). The number of halogens is 2. The molecule has 1 heterocycles. The van der Waals surface area contributed by atoms with Crippen LogP contribution >= 0.6 is 0 Å². The Balaban J connectivity index is 2.87. The summed E-state index contributed by atoms with van der Waals surface area (Å²) in [5.74, 6) is -2.52. The molecule has 0 bridgehead atoms. The van der Waals surface area contributed by atoms with Gasteiger partial charge < -0.3 is 15.4 Å². The quantitative estimate of drug-likeness (QED) is 0.789. The summed E-state index contributed by atoms with van der Waals surface area (Å²) in [6, 6.07) is -0.0823. The van der Waals surface area contributed by atoms with Gasteiger partial charge in [-0.25, -0.2) is 18.6 Å². The molecule has 0 spiro atoms. The van der Waals surface area contributed by atoms with E-state index in [0.717, 1.165) is 0 Å². The molecule has 1 aromatic heterocycles. The average Bonchev–Trinajstić information content (AvgIpc) is 2.32. The molecular formula is C11H15F2N3O2. The monoisotopic (exact) mass is 259 g/mol. The smallest absolute Gasteiger partial charge is 0.328 e. The van der Waals surface area contributed by atoms with Gasteiger partial charge in [-0.15, -0.1) is 0 Å². The molecular weight excluding hydrogens is 244 g/mol. The van der Waals surface area contributed by atoms with Gasteiger partial charge in [0.05, 0.1) is 6.61 Å². The Morgan fingerprint density at radius 3 is 2.61 bits per heavy atom. The van der Waals surface area contributed by atoms with Crippen LogP contribution in [0.5, 0.6) is 0 Å². The molecule has 0 aliphatic rings. The highest BCUT2D eigenvalue weighted by Crippen LogP contribution is 2.19. The van der Waals surface area contributed by atoms with E-state index in [4.69, 9.17) is 4.74 Å². The lowest BCUT2D eigenvalue weighted by Crippen LogP contribution is -2.29. The third kappa shape index (κ3) is 3.28. The number of nitrogens with one attached hydrogen (secondary N) is 2. The summed E-state index contributed by atoms with van der Waals surface area (Å²) in [6.07, 6.45) is 0. The number of nitrogens with zero attached hydrogens (tertiary/aromatic N) is 1. The maximum absolute atomic E-state index is 13.4. The van der Waals surface area contributed by atoms with Gasteiger partial charge in [0.1, 0.15) is 6.04 Å². The van der Waals surface area contributed by atoms with Crippen LogP contribution in [0.4, 0.5) is 20.4 Å². The highest BCUT2D eigenvalue weighted by Gasteiger charge is 2.18. The first-order chi connectivity index (χ1) is 8.49. The van der Waals surface area contributed by atoms with Crippen molar-refractivity contribution in [2.45, 2.75) is 19.9 Å². The minimum absolute atomic E-state index is 0.102. The maximum Gasteiger partial charge on any atom is 0.328 e. The Hall–Kier alpha value is -1.92. The van der Waals surface area contributed by atoms with Crippen LogP contribution in [0.2, 0.25) is 0 Å². The Morgan fingerprint density at radius 1 is 1.44 bits per heavy atom. The molecule has 0 saturated heterocycles. The second-order valence-corrected chi connectivity index (χ2v) is 3.52. The molecule has 0 fully saturated rings. The predicted molar refractivity (Wildman–Crippen MR) is 63.4 cm³/mol. The number of ether oxygens (including phenoxy) is 1. The third-order valence-electron chi connectivity index (χ3n) is 2.16. The van der Waals surface area contributed by atoms with Crippen LogP contribution in [0.1, 0.15) is 13.8 Å². The molecule has 100 valence electrons. The van der Waals surface area contributed by atoms with Crippen LogP contribution < -0.4 is 10.6 Å². The first kappa shape index (κ1) is 14.1. The van der Waals surface area contributed by atoms with Gasteiger partial charge in [-0.05, 0) is 13.8 Å². The molecule has 18 heavy (non-hydrogen) atoms. The van der Waals surface area contributed by atoms with Crippen LogP contribution in [0, 0.1) is 11.6 Å². The molecule has 0 aliphatic carbocycles. The van der Waals surface area contributed by atoms with Gasteiger partial charge in [-0.3, -0.25) is 0 Å². The number of pyridine rings is 1. The van der Waals surface area contributed by atoms with Crippen LogP contribution in [0.15, 0.2) is 6.07 Å².